The van der Waals surface area contributed by atoms with Crippen LogP contribution in [0.1, 0.15) is 11.8 Å². The van der Waals surface area contributed by atoms with Gasteiger partial charge in [0, 0.05) is 6.07 Å². The highest BCUT2D eigenvalue weighted by molar-refractivity contribution is 6.29. The Morgan fingerprint density at radius 1 is 1.18 bits per heavy atom. The van der Waals surface area contributed by atoms with Crippen molar-refractivity contribution in [3.05, 3.63) is 47.5 Å². The average molecular weight is 249 g/mol. The van der Waals surface area contributed by atoms with Crippen molar-refractivity contribution in [3.8, 4) is 11.5 Å². The summed E-state index contributed by atoms with van der Waals surface area (Å²) in [5, 5.41) is 0.400. The first-order valence-corrected chi connectivity index (χ1v) is 5.56. The maximum absolute atomic E-state index is 5.82. The van der Waals surface area contributed by atoms with Gasteiger partial charge in [0.05, 0.1) is 5.69 Å². The van der Waals surface area contributed by atoms with Crippen LogP contribution in [-0.4, -0.2) is 16.6 Å². The molecule has 3 rings (SSSR count). The van der Waals surface area contributed by atoms with E-state index in [-0.39, 0.29) is 6.10 Å². The quantitative estimate of drug-likeness (QED) is 0.728. The zero-order chi connectivity index (χ0) is 11.7. The minimum absolute atomic E-state index is 0.245. The third-order valence-electron chi connectivity index (χ3n) is 2.49. The fourth-order valence-corrected chi connectivity index (χ4v) is 1.84. The lowest BCUT2D eigenvalue weighted by molar-refractivity contribution is 0.0882. The molecule has 0 aliphatic carbocycles. The number of hydrogen-bond acceptors (Lipinski definition) is 4. The minimum atomic E-state index is -0.245. The second-order valence-electron chi connectivity index (χ2n) is 3.63. The molecule has 1 unspecified atom stereocenters. The SMILES string of the molecule is Clc1cc(C2COc3ccccc3O2)ncn1. The van der Waals surface area contributed by atoms with Crippen molar-refractivity contribution < 1.29 is 9.47 Å². The van der Waals surface area contributed by atoms with E-state index in [2.05, 4.69) is 9.97 Å². The fourth-order valence-electron chi connectivity index (χ4n) is 1.69. The number of halogens is 1. The zero-order valence-electron chi connectivity index (χ0n) is 8.84. The van der Waals surface area contributed by atoms with E-state index in [1.165, 1.54) is 6.33 Å². The van der Waals surface area contributed by atoms with Crippen LogP contribution < -0.4 is 9.47 Å². The van der Waals surface area contributed by atoms with Crippen molar-refractivity contribution in [2.75, 3.05) is 6.61 Å². The third-order valence-corrected chi connectivity index (χ3v) is 2.70. The molecule has 1 aromatic heterocycles. The first-order chi connectivity index (χ1) is 8.33. The van der Waals surface area contributed by atoms with Crippen LogP contribution >= 0.6 is 11.6 Å². The normalized spacial score (nSPS) is 17.8. The molecule has 0 saturated heterocycles. The molecular formula is C12H9ClN2O2. The molecule has 0 saturated carbocycles. The van der Waals surface area contributed by atoms with Gasteiger partial charge in [0.15, 0.2) is 17.6 Å². The Balaban J connectivity index is 1.89. The zero-order valence-corrected chi connectivity index (χ0v) is 9.59. The molecule has 1 aromatic carbocycles. The van der Waals surface area contributed by atoms with Gasteiger partial charge in [-0.15, -0.1) is 0 Å². The lowest BCUT2D eigenvalue weighted by atomic mass is 10.2. The number of aromatic nitrogens is 2. The van der Waals surface area contributed by atoms with Gasteiger partial charge in [0.2, 0.25) is 0 Å². The van der Waals surface area contributed by atoms with E-state index >= 15 is 0 Å². The summed E-state index contributed by atoms with van der Waals surface area (Å²) in [6, 6.07) is 9.23. The number of hydrogen-bond donors (Lipinski definition) is 0. The Labute approximate surface area is 103 Å². The number of para-hydroxylation sites is 2. The van der Waals surface area contributed by atoms with Gasteiger partial charge in [-0.2, -0.15) is 0 Å². The maximum atomic E-state index is 5.82. The Morgan fingerprint density at radius 2 is 2.00 bits per heavy atom. The standard InChI is InChI=1S/C12H9ClN2O2/c13-12-5-8(14-7-15-12)11-6-16-9-3-1-2-4-10(9)17-11/h1-5,7,11H,6H2. The highest BCUT2D eigenvalue weighted by Gasteiger charge is 2.23. The lowest BCUT2D eigenvalue weighted by Gasteiger charge is -2.25. The van der Waals surface area contributed by atoms with Gasteiger partial charge in [0.25, 0.3) is 0 Å². The van der Waals surface area contributed by atoms with E-state index in [1.807, 2.05) is 24.3 Å². The van der Waals surface area contributed by atoms with Gasteiger partial charge in [-0.05, 0) is 12.1 Å². The number of ether oxygens (including phenoxy) is 2. The fraction of sp³-hybridized carbons (Fsp3) is 0.167. The van der Waals surface area contributed by atoms with Crippen LogP contribution in [0.5, 0.6) is 11.5 Å². The smallest absolute Gasteiger partial charge is 0.175 e. The van der Waals surface area contributed by atoms with E-state index in [0.29, 0.717) is 11.8 Å². The molecule has 4 nitrogen and oxygen atoms in total. The summed E-state index contributed by atoms with van der Waals surface area (Å²) >= 11 is 5.82. The second-order valence-corrected chi connectivity index (χ2v) is 4.02. The summed E-state index contributed by atoms with van der Waals surface area (Å²) in [5.41, 5.74) is 0.722. The monoisotopic (exact) mass is 248 g/mol. The molecule has 0 N–H and O–H groups in total. The average Bonchev–Trinajstić information content (AvgIpc) is 2.38. The first-order valence-electron chi connectivity index (χ1n) is 5.19. The molecule has 1 aliphatic heterocycles. The van der Waals surface area contributed by atoms with Gasteiger partial charge < -0.3 is 9.47 Å². The van der Waals surface area contributed by atoms with Crippen LogP contribution in [0.2, 0.25) is 5.15 Å². The molecular weight excluding hydrogens is 240 g/mol. The minimum Gasteiger partial charge on any atom is -0.485 e. The van der Waals surface area contributed by atoms with E-state index in [4.69, 9.17) is 21.1 Å². The molecule has 2 heterocycles. The van der Waals surface area contributed by atoms with Gasteiger partial charge >= 0.3 is 0 Å². The molecule has 17 heavy (non-hydrogen) atoms. The second kappa shape index (κ2) is 4.22. The van der Waals surface area contributed by atoms with E-state index < -0.39 is 0 Å². The summed E-state index contributed by atoms with van der Waals surface area (Å²) in [6.07, 6.45) is 1.17. The van der Waals surface area contributed by atoms with Crippen LogP contribution in [0.3, 0.4) is 0 Å². The van der Waals surface area contributed by atoms with Crippen LogP contribution in [0.25, 0.3) is 0 Å². The topological polar surface area (TPSA) is 44.2 Å². The maximum Gasteiger partial charge on any atom is 0.175 e. The van der Waals surface area contributed by atoms with Gasteiger partial charge in [0.1, 0.15) is 18.1 Å². The Bertz CT molecular complexity index is 548. The molecule has 5 heteroatoms. The van der Waals surface area contributed by atoms with Gasteiger partial charge in [-0.1, -0.05) is 23.7 Å². The predicted octanol–water partition coefficient (Wildman–Crippen LogP) is 2.64. The molecule has 1 aliphatic rings. The van der Waals surface area contributed by atoms with E-state index in [9.17, 15) is 0 Å². The summed E-state index contributed by atoms with van der Waals surface area (Å²) in [6.45, 7) is 0.421. The van der Waals surface area contributed by atoms with Crippen molar-refractivity contribution in [3.63, 3.8) is 0 Å². The molecule has 0 spiro atoms. The Morgan fingerprint density at radius 3 is 2.82 bits per heavy atom. The lowest BCUT2D eigenvalue weighted by Crippen LogP contribution is -2.22. The number of fused-ring (bicyclic) bond motifs is 1. The Kier molecular flexibility index (Phi) is 2.57. The highest BCUT2D eigenvalue weighted by atomic mass is 35.5. The third kappa shape index (κ3) is 2.03. The van der Waals surface area contributed by atoms with Crippen LogP contribution in [0.15, 0.2) is 36.7 Å². The van der Waals surface area contributed by atoms with Crippen LogP contribution in [-0.2, 0) is 0 Å². The van der Waals surface area contributed by atoms with Crippen molar-refractivity contribution >= 4 is 11.6 Å². The number of benzene rings is 1. The van der Waals surface area contributed by atoms with Crippen molar-refractivity contribution in [2.45, 2.75) is 6.10 Å². The summed E-state index contributed by atoms with van der Waals surface area (Å²) < 4.78 is 11.4. The summed E-state index contributed by atoms with van der Waals surface area (Å²) in [7, 11) is 0. The number of rotatable bonds is 1. The highest BCUT2D eigenvalue weighted by Crippen LogP contribution is 2.35. The Hall–Kier alpha value is -1.81. The molecule has 1 atom stereocenters. The largest absolute Gasteiger partial charge is 0.485 e. The molecule has 0 radical (unpaired) electrons. The van der Waals surface area contributed by atoms with Gasteiger partial charge in [-0.25, -0.2) is 9.97 Å². The van der Waals surface area contributed by atoms with Crippen LogP contribution in [0.4, 0.5) is 0 Å². The molecule has 0 amide bonds. The van der Waals surface area contributed by atoms with Crippen molar-refractivity contribution in [1.82, 2.24) is 9.97 Å². The number of nitrogens with zero attached hydrogens (tertiary/aromatic N) is 2. The first kappa shape index (κ1) is 10.4. The van der Waals surface area contributed by atoms with Crippen LogP contribution in [0, 0.1) is 0 Å². The predicted molar refractivity (Wildman–Crippen MR) is 62.3 cm³/mol. The molecule has 0 bridgehead atoms. The van der Waals surface area contributed by atoms with Gasteiger partial charge in [-0.3, -0.25) is 0 Å². The molecule has 86 valence electrons. The molecule has 0 fully saturated rings. The summed E-state index contributed by atoms with van der Waals surface area (Å²) in [4.78, 5) is 7.97. The summed E-state index contributed by atoms with van der Waals surface area (Å²) in [5.74, 6) is 1.47. The molecule has 2 aromatic rings. The van der Waals surface area contributed by atoms with E-state index in [1.54, 1.807) is 6.07 Å². The van der Waals surface area contributed by atoms with Crippen molar-refractivity contribution in [1.29, 1.82) is 0 Å². The van der Waals surface area contributed by atoms with E-state index in [0.717, 1.165) is 17.2 Å². The van der Waals surface area contributed by atoms with Crippen molar-refractivity contribution in [2.24, 2.45) is 0 Å².